The summed E-state index contributed by atoms with van der Waals surface area (Å²) in [5, 5.41) is 0. The summed E-state index contributed by atoms with van der Waals surface area (Å²) in [6.45, 7) is 4.27. The van der Waals surface area contributed by atoms with E-state index in [1.165, 1.54) is 6.08 Å². The number of H-pyrrole nitrogens is 1. The summed E-state index contributed by atoms with van der Waals surface area (Å²) in [5.74, 6) is 0.616. The van der Waals surface area contributed by atoms with Gasteiger partial charge in [-0.1, -0.05) is 6.92 Å². The van der Waals surface area contributed by atoms with Gasteiger partial charge in [0.25, 0.3) is 0 Å². The second-order valence-electron chi connectivity index (χ2n) is 3.12. The third-order valence-electron chi connectivity index (χ3n) is 1.82. The first-order chi connectivity index (χ1) is 7.26. The minimum atomic E-state index is -0.329. The van der Waals surface area contributed by atoms with Crippen LogP contribution in [0.5, 0.6) is 0 Å². The molecule has 1 aromatic rings. The zero-order valence-electron chi connectivity index (χ0n) is 9.12. The molecule has 0 atom stereocenters. The Bertz CT molecular complexity index is 342. The maximum Gasteiger partial charge on any atom is 0.330 e. The average molecular weight is 208 g/mol. The van der Waals surface area contributed by atoms with E-state index in [0.29, 0.717) is 6.61 Å². The smallest absolute Gasteiger partial charge is 0.330 e. The van der Waals surface area contributed by atoms with Crippen molar-refractivity contribution in [2.45, 2.75) is 26.7 Å². The van der Waals surface area contributed by atoms with Crippen LogP contribution >= 0.6 is 0 Å². The number of hydrogen-bond acceptors (Lipinski definition) is 3. The normalized spacial score (nSPS) is 10.8. The minimum Gasteiger partial charge on any atom is -0.463 e. The fourth-order valence-electron chi connectivity index (χ4n) is 1.18. The fraction of sp³-hybridized carbons (Fsp3) is 0.455. The third-order valence-corrected chi connectivity index (χ3v) is 1.82. The molecule has 4 heteroatoms. The Hall–Kier alpha value is -1.58. The van der Waals surface area contributed by atoms with E-state index in [0.717, 1.165) is 24.4 Å². The van der Waals surface area contributed by atoms with Crippen molar-refractivity contribution >= 4 is 12.0 Å². The van der Waals surface area contributed by atoms with E-state index in [1.54, 1.807) is 19.2 Å². The quantitative estimate of drug-likeness (QED) is 0.594. The molecule has 0 spiro atoms. The van der Waals surface area contributed by atoms with Crippen LogP contribution in [-0.2, 0) is 16.0 Å². The van der Waals surface area contributed by atoms with Gasteiger partial charge in [0.2, 0.25) is 0 Å². The summed E-state index contributed by atoms with van der Waals surface area (Å²) in [6, 6.07) is 0. The van der Waals surface area contributed by atoms with Gasteiger partial charge >= 0.3 is 5.97 Å². The summed E-state index contributed by atoms with van der Waals surface area (Å²) in [5.41, 5.74) is 0.825. The standard InChI is InChI=1S/C11H16N2O2/c1-3-5-10-12-8-9(13-10)6-7-11(14)15-4-2/h6-8H,3-5H2,1-2H3,(H,12,13). The molecule has 0 aliphatic carbocycles. The van der Waals surface area contributed by atoms with Crippen LogP contribution in [0.4, 0.5) is 0 Å². The molecule has 0 aliphatic rings. The third kappa shape index (κ3) is 3.97. The lowest BCUT2D eigenvalue weighted by molar-refractivity contribution is -0.137. The van der Waals surface area contributed by atoms with Gasteiger partial charge in [-0.2, -0.15) is 0 Å². The van der Waals surface area contributed by atoms with Gasteiger partial charge in [-0.3, -0.25) is 0 Å². The zero-order chi connectivity index (χ0) is 11.1. The van der Waals surface area contributed by atoms with Crippen molar-refractivity contribution in [2.24, 2.45) is 0 Å². The molecule has 15 heavy (non-hydrogen) atoms. The minimum absolute atomic E-state index is 0.329. The van der Waals surface area contributed by atoms with Crippen molar-refractivity contribution < 1.29 is 9.53 Å². The number of aryl methyl sites for hydroxylation is 1. The van der Waals surface area contributed by atoms with Gasteiger partial charge in [-0.25, -0.2) is 9.78 Å². The Kier molecular flexibility index (Phi) is 4.60. The number of aromatic nitrogens is 2. The van der Waals surface area contributed by atoms with Crippen LogP contribution in [0, 0.1) is 0 Å². The molecule has 0 amide bonds. The molecule has 0 bridgehead atoms. The Morgan fingerprint density at radius 1 is 1.60 bits per heavy atom. The highest BCUT2D eigenvalue weighted by molar-refractivity contribution is 5.86. The van der Waals surface area contributed by atoms with Gasteiger partial charge in [-0.05, 0) is 19.4 Å². The molecule has 0 aromatic carbocycles. The van der Waals surface area contributed by atoms with E-state index in [-0.39, 0.29) is 5.97 Å². The maximum atomic E-state index is 11.0. The number of nitrogens with zero attached hydrogens (tertiary/aromatic N) is 1. The molecule has 4 nitrogen and oxygen atoms in total. The highest BCUT2D eigenvalue weighted by Crippen LogP contribution is 2.02. The number of rotatable bonds is 5. The molecule has 1 rings (SSSR count). The van der Waals surface area contributed by atoms with Crippen molar-refractivity contribution in [3.05, 3.63) is 23.8 Å². The number of imidazole rings is 1. The van der Waals surface area contributed by atoms with E-state index in [9.17, 15) is 4.79 Å². The monoisotopic (exact) mass is 208 g/mol. The van der Waals surface area contributed by atoms with Crippen LogP contribution < -0.4 is 0 Å². The molecule has 0 aliphatic heterocycles. The van der Waals surface area contributed by atoms with Crippen LogP contribution in [0.3, 0.4) is 0 Å². The summed E-state index contributed by atoms with van der Waals surface area (Å²) in [4.78, 5) is 18.3. The molecular weight excluding hydrogens is 192 g/mol. The first-order valence-corrected chi connectivity index (χ1v) is 5.15. The van der Waals surface area contributed by atoms with Gasteiger partial charge in [0, 0.05) is 12.5 Å². The van der Waals surface area contributed by atoms with Crippen LogP contribution in [-0.4, -0.2) is 22.5 Å². The van der Waals surface area contributed by atoms with E-state index in [4.69, 9.17) is 4.74 Å². The lowest BCUT2D eigenvalue weighted by Crippen LogP contribution is -1.98. The molecule has 1 N–H and O–H groups in total. The summed E-state index contributed by atoms with van der Waals surface area (Å²) >= 11 is 0. The Morgan fingerprint density at radius 3 is 3.07 bits per heavy atom. The molecular formula is C11H16N2O2. The largest absolute Gasteiger partial charge is 0.463 e. The lowest BCUT2D eigenvalue weighted by Gasteiger charge is -1.93. The van der Waals surface area contributed by atoms with Gasteiger partial charge in [0.15, 0.2) is 0 Å². The van der Waals surface area contributed by atoms with Crippen molar-refractivity contribution in [3.8, 4) is 0 Å². The van der Waals surface area contributed by atoms with Crippen LogP contribution in [0.25, 0.3) is 6.08 Å². The molecule has 1 heterocycles. The second-order valence-corrected chi connectivity index (χ2v) is 3.12. The van der Waals surface area contributed by atoms with E-state index in [2.05, 4.69) is 16.9 Å². The number of carbonyl (C=O) groups is 1. The average Bonchev–Trinajstić information content (AvgIpc) is 2.64. The van der Waals surface area contributed by atoms with Crippen LogP contribution in [0.2, 0.25) is 0 Å². The SMILES string of the molecule is CCCc1ncc(C=CC(=O)OCC)[nH]1. The number of aromatic amines is 1. The summed E-state index contributed by atoms with van der Waals surface area (Å²) in [6.07, 6.45) is 6.75. The summed E-state index contributed by atoms with van der Waals surface area (Å²) < 4.78 is 4.76. The van der Waals surface area contributed by atoms with Gasteiger partial charge < -0.3 is 9.72 Å². The predicted octanol–water partition coefficient (Wildman–Crippen LogP) is 1.94. The number of nitrogens with one attached hydrogen (secondary N) is 1. The highest BCUT2D eigenvalue weighted by Gasteiger charge is 1.98. The number of hydrogen-bond donors (Lipinski definition) is 1. The van der Waals surface area contributed by atoms with E-state index in [1.807, 2.05) is 0 Å². The molecule has 82 valence electrons. The van der Waals surface area contributed by atoms with Crippen molar-refractivity contribution in [1.29, 1.82) is 0 Å². The topological polar surface area (TPSA) is 55.0 Å². The molecule has 1 aromatic heterocycles. The van der Waals surface area contributed by atoms with Gasteiger partial charge in [0.1, 0.15) is 5.82 Å². The molecule has 0 unspecified atom stereocenters. The van der Waals surface area contributed by atoms with Crippen molar-refractivity contribution in [3.63, 3.8) is 0 Å². The number of ether oxygens (including phenoxy) is 1. The Morgan fingerprint density at radius 2 is 2.40 bits per heavy atom. The molecule has 0 saturated heterocycles. The molecule has 0 radical (unpaired) electrons. The fourth-order valence-corrected chi connectivity index (χ4v) is 1.18. The molecule has 0 fully saturated rings. The van der Waals surface area contributed by atoms with Crippen LogP contribution in [0.15, 0.2) is 12.3 Å². The lowest BCUT2D eigenvalue weighted by atomic mass is 10.3. The maximum absolute atomic E-state index is 11.0. The van der Waals surface area contributed by atoms with Gasteiger partial charge in [-0.15, -0.1) is 0 Å². The highest BCUT2D eigenvalue weighted by atomic mass is 16.5. The van der Waals surface area contributed by atoms with E-state index >= 15 is 0 Å². The second kappa shape index (κ2) is 6.01. The van der Waals surface area contributed by atoms with Crippen LogP contribution in [0.1, 0.15) is 31.8 Å². The van der Waals surface area contributed by atoms with Crippen molar-refractivity contribution in [2.75, 3.05) is 6.61 Å². The number of esters is 1. The summed E-state index contributed by atoms with van der Waals surface area (Å²) in [7, 11) is 0. The predicted molar refractivity (Wildman–Crippen MR) is 58.2 cm³/mol. The first kappa shape index (κ1) is 11.5. The van der Waals surface area contributed by atoms with Crippen molar-refractivity contribution in [1.82, 2.24) is 9.97 Å². The Labute approximate surface area is 89.4 Å². The zero-order valence-corrected chi connectivity index (χ0v) is 9.12. The number of carbonyl (C=O) groups excluding carboxylic acids is 1. The Balaban J connectivity index is 2.52. The van der Waals surface area contributed by atoms with E-state index < -0.39 is 0 Å². The molecule has 0 saturated carbocycles. The van der Waals surface area contributed by atoms with Gasteiger partial charge in [0.05, 0.1) is 18.5 Å². The first-order valence-electron chi connectivity index (χ1n) is 5.15.